The van der Waals surface area contributed by atoms with Crippen molar-refractivity contribution in [3.05, 3.63) is 24.0 Å². The molecular weight excluding hydrogens is 245 g/mol. The average Bonchev–Trinajstić information content (AvgIpc) is 2.82. The zero-order valence-corrected chi connectivity index (χ0v) is 11.0. The number of benzene rings is 1. The van der Waals surface area contributed by atoms with Gasteiger partial charge in [-0.05, 0) is 25.0 Å². The molecule has 2 N–H and O–H groups in total. The maximum atomic E-state index is 13.4. The second kappa shape index (κ2) is 5.00. The average molecular weight is 265 g/mol. The van der Waals surface area contributed by atoms with Crippen LogP contribution in [0.2, 0.25) is 0 Å². The van der Waals surface area contributed by atoms with E-state index in [0.29, 0.717) is 5.75 Å². The lowest BCUT2D eigenvalue weighted by molar-refractivity contribution is -0.108. The van der Waals surface area contributed by atoms with Crippen LogP contribution in [0.1, 0.15) is 38.5 Å². The molecule has 1 saturated heterocycles. The van der Waals surface area contributed by atoms with Gasteiger partial charge in [0, 0.05) is 18.9 Å². The van der Waals surface area contributed by atoms with Crippen LogP contribution in [0.25, 0.3) is 0 Å². The van der Waals surface area contributed by atoms with Crippen LogP contribution >= 0.6 is 0 Å². The lowest BCUT2D eigenvalue weighted by Gasteiger charge is -2.38. The van der Waals surface area contributed by atoms with Crippen molar-refractivity contribution in [2.75, 3.05) is 12.3 Å². The summed E-state index contributed by atoms with van der Waals surface area (Å²) in [5.74, 6) is 0.145. The first-order chi connectivity index (χ1) is 9.17. The Morgan fingerprint density at radius 2 is 2.11 bits per heavy atom. The lowest BCUT2D eigenvalue weighted by Crippen LogP contribution is -2.41. The van der Waals surface area contributed by atoms with E-state index < -0.39 is 5.82 Å². The molecule has 2 aliphatic rings. The minimum absolute atomic E-state index is 0.0231. The first-order valence-corrected chi connectivity index (χ1v) is 7.03. The number of nitrogen functional groups attached to an aromatic ring is 1. The highest BCUT2D eigenvalue weighted by molar-refractivity contribution is 5.43. The number of anilines is 1. The topological polar surface area (TPSA) is 44.5 Å². The maximum Gasteiger partial charge on any atom is 0.149 e. The highest BCUT2D eigenvalue weighted by Crippen LogP contribution is 2.41. The standard InChI is InChI=1S/C15H20FNO2/c16-13-9-11(3-4-14(13)17)19-12-5-8-18-15(10-12)6-1-2-7-15/h3-4,9,12H,1-2,5-8,10,17H2. The third-order valence-electron chi connectivity index (χ3n) is 4.24. The van der Waals surface area contributed by atoms with Gasteiger partial charge in [0.2, 0.25) is 0 Å². The molecule has 1 aliphatic heterocycles. The van der Waals surface area contributed by atoms with Gasteiger partial charge in [-0.2, -0.15) is 0 Å². The molecular formula is C15H20FNO2. The van der Waals surface area contributed by atoms with Gasteiger partial charge >= 0.3 is 0 Å². The summed E-state index contributed by atoms with van der Waals surface area (Å²) in [6.45, 7) is 0.738. The summed E-state index contributed by atoms with van der Waals surface area (Å²) in [5.41, 5.74) is 5.65. The van der Waals surface area contributed by atoms with Gasteiger partial charge in [-0.3, -0.25) is 0 Å². The van der Waals surface area contributed by atoms with Crippen LogP contribution in [0, 0.1) is 5.82 Å². The van der Waals surface area contributed by atoms with E-state index in [0.717, 1.165) is 32.3 Å². The zero-order chi connectivity index (χ0) is 13.3. The molecule has 1 spiro atoms. The van der Waals surface area contributed by atoms with E-state index in [1.54, 1.807) is 12.1 Å². The van der Waals surface area contributed by atoms with Gasteiger partial charge in [0.25, 0.3) is 0 Å². The van der Waals surface area contributed by atoms with Crippen LogP contribution in [-0.4, -0.2) is 18.3 Å². The van der Waals surface area contributed by atoms with E-state index in [2.05, 4.69) is 0 Å². The van der Waals surface area contributed by atoms with Crippen molar-refractivity contribution in [1.29, 1.82) is 0 Å². The third-order valence-corrected chi connectivity index (χ3v) is 4.24. The smallest absolute Gasteiger partial charge is 0.149 e. The second-order valence-electron chi connectivity index (χ2n) is 5.65. The van der Waals surface area contributed by atoms with Crippen molar-refractivity contribution in [2.45, 2.75) is 50.2 Å². The number of halogens is 1. The molecule has 1 aromatic rings. The van der Waals surface area contributed by atoms with Crippen LogP contribution < -0.4 is 10.5 Å². The number of rotatable bonds is 2. The van der Waals surface area contributed by atoms with Crippen LogP contribution in [-0.2, 0) is 4.74 Å². The first-order valence-electron chi connectivity index (χ1n) is 7.03. The zero-order valence-electron chi connectivity index (χ0n) is 11.0. The van der Waals surface area contributed by atoms with Gasteiger partial charge in [0.15, 0.2) is 0 Å². The first kappa shape index (κ1) is 12.7. The van der Waals surface area contributed by atoms with E-state index in [-0.39, 0.29) is 17.4 Å². The predicted octanol–water partition coefficient (Wildman–Crippen LogP) is 3.28. The number of ether oxygens (including phenoxy) is 2. The second-order valence-corrected chi connectivity index (χ2v) is 5.65. The molecule has 2 fully saturated rings. The Morgan fingerprint density at radius 3 is 2.84 bits per heavy atom. The van der Waals surface area contributed by atoms with Crippen molar-refractivity contribution in [1.82, 2.24) is 0 Å². The molecule has 0 aromatic heterocycles. The third kappa shape index (κ3) is 2.68. The summed E-state index contributed by atoms with van der Waals surface area (Å²) in [5, 5.41) is 0. The largest absolute Gasteiger partial charge is 0.490 e. The van der Waals surface area contributed by atoms with Crippen molar-refractivity contribution in [2.24, 2.45) is 0 Å². The van der Waals surface area contributed by atoms with E-state index in [1.807, 2.05) is 0 Å². The van der Waals surface area contributed by atoms with E-state index in [9.17, 15) is 4.39 Å². The lowest BCUT2D eigenvalue weighted by atomic mass is 9.90. The van der Waals surface area contributed by atoms with Crippen LogP contribution in [0.5, 0.6) is 5.75 Å². The number of nitrogens with two attached hydrogens (primary N) is 1. The molecule has 1 heterocycles. The fraction of sp³-hybridized carbons (Fsp3) is 0.600. The molecule has 1 atom stereocenters. The Balaban J connectivity index is 1.67. The maximum absolute atomic E-state index is 13.4. The molecule has 1 unspecified atom stereocenters. The van der Waals surface area contributed by atoms with Gasteiger partial charge in [0.1, 0.15) is 17.7 Å². The Kier molecular flexibility index (Phi) is 3.35. The van der Waals surface area contributed by atoms with Crippen molar-refractivity contribution < 1.29 is 13.9 Å². The molecule has 104 valence electrons. The highest BCUT2D eigenvalue weighted by Gasteiger charge is 2.40. The quantitative estimate of drug-likeness (QED) is 0.835. The summed E-state index contributed by atoms with van der Waals surface area (Å²) >= 11 is 0. The SMILES string of the molecule is Nc1ccc(OC2CCOC3(CCCC3)C2)cc1F. The molecule has 19 heavy (non-hydrogen) atoms. The van der Waals surface area contributed by atoms with E-state index in [4.69, 9.17) is 15.2 Å². The molecule has 3 nitrogen and oxygen atoms in total. The van der Waals surface area contributed by atoms with Crippen molar-refractivity contribution >= 4 is 5.69 Å². The number of hydrogen-bond acceptors (Lipinski definition) is 3. The molecule has 1 aromatic carbocycles. The van der Waals surface area contributed by atoms with Gasteiger partial charge in [-0.25, -0.2) is 4.39 Å². The Labute approximate surface area is 112 Å². The van der Waals surface area contributed by atoms with Gasteiger partial charge < -0.3 is 15.2 Å². The molecule has 0 bridgehead atoms. The summed E-state index contributed by atoms with van der Waals surface area (Å²) < 4.78 is 25.3. The minimum Gasteiger partial charge on any atom is -0.490 e. The normalized spacial score (nSPS) is 25.6. The minimum atomic E-state index is -0.417. The van der Waals surface area contributed by atoms with Gasteiger partial charge in [-0.15, -0.1) is 0 Å². The Morgan fingerprint density at radius 1 is 1.32 bits per heavy atom. The summed E-state index contributed by atoms with van der Waals surface area (Å²) in [7, 11) is 0. The fourth-order valence-electron chi connectivity index (χ4n) is 3.22. The monoisotopic (exact) mass is 265 g/mol. The fourth-order valence-corrected chi connectivity index (χ4v) is 3.22. The highest BCUT2D eigenvalue weighted by atomic mass is 19.1. The number of hydrogen-bond donors (Lipinski definition) is 1. The van der Waals surface area contributed by atoms with Crippen molar-refractivity contribution in [3.8, 4) is 5.75 Å². The van der Waals surface area contributed by atoms with E-state index >= 15 is 0 Å². The van der Waals surface area contributed by atoms with E-state index in [1.165, 1.54) is 18.9 Å². The van der Waals surface area contributed by atoms with Crippen LogP contribution in [0.15, 0.2) is 18.2 Å². The predicted molar refractivity (Wildman–Crippen MR) is 71.6 cm³/mol. The Hall–Kier alpha value is -1.29. The molecule has 0 amide bonds. The Bertz CT molecular complexity index is 457. The van der Waals surface area contributed by atoms with Crippen LogP contribution in [0.3, 0.4) is 0 Å². The summed E-state index contributed by atoms with van der Waals surface area (Å²) in [6, 6.07) is 4.65. The summed E-state index contributed by atoms with van der Waals surface area (Å²) in [6.07, 6.45) is 6.64. The summed E-state index contributed by atoms with van der Waals surface area (Å²) in [4.78, 5) is 0. The molecule has 4 heteroatoms. The van der Waals surface area contributed by atoms with Crippen molar-refractivity contribution in [3.63, 3.8) is 0 Å². The van der Waals surface area contributed by atoms with Gasteiger partial charge in [-0.1, -0.05) is 12.8 Å². The molecule has 3 rings (SSSR count). The molecule has 1 aliphatic carbocycles. The molecule has 0 radical (unpaired) electrons. The van der Waals surface area contributed by atoms with Crippen LogP contribution in [0.4, 0.5) is 10.1 Å². The molecule has 1 saturated carbocycles. The van der Waals surface area contributed by atoms with Gasteiger partial charge in [0.05, 0.1) is 17.9 Å².